The molecule has 0 aliphatic carbocycles. The summed E-state index contributed by atoms with van der Waals surface area (Å²) in [6, 6.07) is 15.9. The first-order chi connectivity index (χ1) is 8.38. The first-order valence-electron chi connectivity index (χ1n) is 5.29. The summed E-state index contributed by atoms with van der Waals surface area (Å²) in [6.07, 6.45) is 0. The highest BCUT2D eigenvalue weighted by molar-refractivity contribution is 6.07. The molecule has 1 heterocycles. The zero-order valence-corrected chi connectivity index (χ0v) is 8.99. The lowest BCUT2D eigenvalue weighted by molar-refractivity contribution is 1.54. The number of nitriles is 1. The van der Waals surface area contributed by atoms with Crippen molar-refractivity contribution in [1.29, 1.82) is 5.26 Å². The van der Waals surface area contributed by atoms with Crippen LogP contribution in [-0.4, -0.2) is 4.98 Å². The van der Waals surface area contributed by atoms with Crippen molar-refractivity contribution in [2.75, 3.05) is 0 Å². The summed E-state index contributed by atoms with van der Waals surface area (Å²) in [7, 11) is 0. The lowest BCUT2D eigenvalue weighted by atomic mass is 10.1. The lowest BCUT2D eigenvalue weighted by Crippen LogP contribution is -1.73. The molecule has 3 aromatic rings. The van der Waals surface area contributed by atoms with Gasteiger partial charge in [-0.25, -0.2) is 0 Å². The molecule has 0 unspecified atom stereocenters. The van der Waals surface area contributed by atoms with Crippen molar-refractivity contribution in [2.45, 2.75) is 0 Å². The Morgan fingerprint density at radius 2 is 1.76 bits per heavy atom. The predicted molar refractivity (Wildman–Crippen MR) is 68.3 cm³/mol. The molecule has 0 saturated carbocycles. The topological polar surface area (TPSA) is 39.6 Å². The molecule has 0 radical (unpaired) electrons. The third kappa shape index (κ3) is 1.53. The number of rotatable bonds is 0. The number of H-pyrrole nitrogens is 1. The van der Waals surface area contributed by atoms with Gasteiger partial charge >= 0.3 is 0 Å². The van der Waals surface area contributed by atoms with Crippen LogP contribution < -0.4 is 0 Å². The molecule has 0 saturated heterocycles. The minimum Gasteiger partial charge on any atom is -0.355 e. The van der Waals surface area contributed by atoms with Crippen LogP contribution in [-0.2, 0) is 0 Å². The van der Waals surface area contributed by atoms with Crippen molar-refractivity contribution >= 4 is 21.8 Å². The van der Waals surface area contributed by atoms with Crippen LogP contribution >= 0.6 is 0 Å². The summed E-state index contributed by atoms with van der Waals surface area (Å²) in [5.41, 5.74) is 3.07. The molecule has 78 valence electrons. The van der Waals surface area contributed by atoms with Gasteiger partial charge in [0.05, 0.1) is 0 Å². The van der Waals surface area contributed by atoms with Gasteiger partial charge in [-0.05, 0) is 24.3 Å². The summed E-state index contributed by atoms with van der Waals surface area (Å²) in [5, 5.41) is 10.8. The Kier molecular flexibility index (Phi) is 2.07. The maximum absolute atomic E-state index is 8.44. The molecule has 3 rings (SSSR count). The van der Waals surface area contributed by atoms with Crippen LogP contribution in [0.1, 0.15) is 5.56 Å². The Morgan fingerprint density at radius 3 is 2.65 bits per heavy atom. The fourth-order valence-corrected chi connectivity index (χ4v) is 2.03. The molecule has 2 aromatic carbocycles. The van der Waals surface area contributed by atoms with Crippen molar-refractivity contribution < 1.29 is 0 Å². The van der Waals surface area contributed by atoms with E-state index in [9.17, 15) is 0 Å². The first kappa shape index (κ1) is 9.51. The molecule has 0 spiro atoms. The van der Waals surface area contributed by atoms with Crippen LogP contribution in [0.3, 0.4) is 0 Å². The van der Waals surface area contributed by atoms with Crippen LogP contribution in [0.4, 0.5) is 0 Å². The van der Waals surface area contributed by atoms with Gasteiger partial charge in [-0.1, -0.05) is 24.1 Å². The molecule has 17 heavy (non-hydrogen) atoms. The third-order valence-corrected chi connectivity index (χ3v) is 2.77. The molecule has 1 aromatic heterocycles. The van der Waals surface area contributed by atoms with Crippen molar-refractivity contribution in [1.82, 2.24) is 4.98 Å². The average Bonchev–Trinajstić information content (AvgIpc) is 2.74. The summed E-state index contributed by atoms with van der Waals surface area (Å²) in [4.78, 5) is 3.35. The van der Waals surface area contributed by atoms with Gasteiger partial charge in [-0.15, -0.1) is 0 Å². The van der Waals surface area contributed by atoms with Gasteiger partial charge in [-0.3, -0.25) is 0 Å². The van der Waals surface area contributed by atoms with E-state index in [0.29, 0.717) is 0 Å². The summed E-state index contributed by atoms with van der Waals surface area (Å²) in [6.45, 7) is 0. The van der Waals surface area contributed by atoms with Crippen molar-refractivity contribution in [3.63, 3.8) is 0 Å². The second-order valence-electron chi connectivity index (χ2n) is 3.79. The highest BCUT2D eigenvalue weighted by Crippen LogP contribution is 2.25. The number of hydrogen-bond acceptors (Lipinski definition) is 1. The fraction of sp³-hybridized carbons (Fsp3) is 0. The maximum atomic E-state index is 8.44. The summed E-state index contributed by atoms with van der Waals surface area (Å²) < 4.78 is 0. The quantitative estimate of drug-likeness (QED) is 0.576. The number of hydrogen-bond donors (Lipinski definition) is 1. The number of nitrogens with zero attached hydrogens (tertiary/aromatic N) is 1. The van der Waals surface area contributed by atoms with E-state index in [2.05, 4.69) is 29.0 Å². The molecule has 2 nitrogen and oxygen atoms in total. The van der Waals surface area contributed by atoms with Gasteiger partial charge in [0, 0.05) is 33.3 Å². The Bertz CT molecular complexity index is 807. The Labute approximate surface area is 98.5 Å². The van der Waals surface area contributed by atoms with E-state index in [-0.39, 0.29) is 0 Å². The lowest BCUT2D eigenvalue weighted by Gasteiger charge is -1.92. The fourth-order valence-electron chi connectivity index (χ4n) is 2.03. The average molecular weight is 216 g/mol. The second-order valence-corrected chi connectivity index (χ2v) is 3.79. The minimum absolute atomic E-state index is 0.865. The van der Waals surface area contributed by atoms with E-state index in [1.807, 2.05) is 36.4 Å². The standard InChI is InChI=1S/C15H8N2/c16-9-3-4-11-7-8-15-13(10-11)12-5-1-2-6-14(12)17-15/h1-2,5-8,10,17H. The predicted octanol–water partition coefficient (Wildman–Crippen LogP) is 3.20. The van der Waals surface area contributed by atoms with E-state index in [0.717, 1.165) is 22.0 Å². The van der Waals surface area contributed by atoms with Crippen LogP contribution in [0.2, 0.25) is 0 Å². The SMILES string of the molecule is N#CC#Cc1ccc2[nH]c3ccccc3c2c1. The molecular weight excluding hydrogens is 208 g/mol. The van der Waals surface area contributed by atoms with Gasteiger partial charge in [0.1, 0.15) is 0 Å². The number of fused-ring (bicyclic) bond motifs is 3. The molecule has 0 atom stereocenters. The molecule has 0 fully saturated rings. The summed E-state index contributed by atoms with van der Waals surface area (Å²) in [5.74, 6) is 5.23. The first-order valence-corrected chi connectivity index (χ1v) is 5.29. The highest BCUT2D eigenvalue weighted by atomic mass is 14.7. The molecule has 2 heteroatoms. The Morgan fingerprint density at radius 1 is 0.941 bits per heavy atom. The highest BCUT2D eigenvalue weighted by Gasteiger charge is 2.03. The second kappa shape index (κ2) is 3.70. The molecule has 0 bridgehead atoms. The number of benzene rings is 2. The van der Waals surface area contributed by atoms with Crippen LogP contribution in [0.15, 0.2) is 42.5 Å². The van der Waals surface area contributed by atoms with Crippen LogP contribution in [0, 0.1) is 23.2 Å². The number of nitrogens with one attached hydrogen (secondary N) is 1. The Balaban J connectivity index is 2.34. The monoisotopic (exact) mass is 216 g/mol. The summed E-state index contributed by atoms with van der Waals surface area (Å²) >= 11 is 0. The van der Waals surface area contributed by atoms with E-state index in [1.165, 1.54) is 5.39 Å². The largest absolute Gasteiger partial charge is 0.355 e. The van der Waals surface area contributed by atoms with Crippen LogP contribution in [0.5, 0.6) is 0 Å². The zero-order valence-electron chi connectivity index (χ0n) is 8.99. The smallest absolute Gasteiger partial charge is 0.152 e. The molecular formula is C15H8N2. The minimum atomic E-state index is 0.865. The third-order valence-electron chi connectivity index (χ3n) is 2.77. The molecule has 1 N–H and O–H groups in total. The zero-order chi connectivity index (χ0) is 11.7. The molecule has 0 amide bonds. The van der Waals surface area contributed by atoms with E-state index < -0.39 is 0 Å². The van der Waals surface area contributed by atoms with Crippen LogP contribution in [0.25, 0.3) is 21.8 Å². The van der Waals surface area contributed by atoms with Gasteiger partial charge in [0.25, 0.3) is 0 Å². The van der Waals surface area contributed by atoms with Crippen molar-refractivity contribution in [2.24, 2.45) is 0 Å². The van der Waals surface area contributed by atoms with E-state index in [4.69, 9.17) is 5.26 Å². The maximum Gasteiger partial charge on any atom is 0.152 e. The van der Waals surface area contributed by atoms with Crippen molar-refractivity contribution in [3.05, 3.63) is 48.0 Å². The van der Waals surface area contributed by atoms with Crippen molar-refractivity contribution in [3.8, 4) is 17.9 Å². The van der Waals surface area contributed by atoms with Gasteiger partial charge in [0.2, 0.25) is 0 Å². The number of aromatic amines is 1. The number of para-hydroxylation sites is 1. The molecule has 0 aliphatic heterocycles. The number of aromatic nitrogens is 1. The van der Waals surface area contributed by atoms with E-state index >= 15 is 0 Å². The normalized spacial score (nSPS) is 9.82. The van der Waals surface area contributed by atoms with E-state index in [1.54, 1.807) is 0 Å². The van der Waals surface area contributed by atoms with Gasteiger partial charge in [-0.2, -0.15) is 5.26 Å². The Hall–Kier alpha value is -2.71. The molecule has 0 aliphatic rings. The van der Waals surface area contributed by atoms with Gasteiger partial charge in [0.15, 0.2) is 6.07 Å². The van der Waals surface area contributed by atoms with Gasteiger partial charge < -0.3 is 4.98 Å².